The maximum atomic E-state index is 12.9. The van der Waals surface area contributed by atoms with Gasteiger partial charge in [-0.05, 0) is 115 Å². The van der Waals surface area contributed by atoms with Crippen molar-refractivity contribution in [3.63, 3.8) is 0 Å². The van der Waals surface area contributed by atoms with Crippen molar-refractivity contribution in [2.45, 2.75) is 172 Å². The highest BCUT2D eigenvalue weighted by Crippen LogP contribution is 2.36. The molecule has 0 aromatic heterocycles. The number of hydrogen-bond acceptors (Lipinski definition) is 9. The van der Waals surface area contributed by atoms with Gasteiger partial charge < -0.3 is 30.0 Å². The van der Waals surface area contributed by atoms with Crippen molar-refractivity contribution in [2.75, 3.05) is 13.2 Å². The topological polar surface area (TPSA) is 98.8 Å². The van der Waals surface area contributed by atoms with E-state index < -0.39 is 50.9 Å². The highest BCUT2D eigenvalue weighted by atomic mass is 28.5. The van der Waals surface area contributed by atoms with Gasteiger partial charge in [0.05, 0.1) is 25.0 Å². The largest absolute Gasteiger partial charge is 0.472 e. The fourth-order valence-corrected chi connectivity index (χ4v) is 29.4. The molecule has 0 aromatic carbocycles. The third kappa shape index (κ3) is 24.8. The average Bonchev–Trinajstić information content (AvgIpc) is 2.77. The molecule has 49 heavy (non-hydrogen) atoms. The van der Waals surface area contributed by atoms with Gasteiger partial charge >= 0.3 is 29.5 Å². The Bertz CT molecular complexity index is 904. The van der Waals surface area contributed by atoms with Gasteiger partial charge in [-0.2, -0.15) is 0 Å². The monoisotopic (exact) mass is 798 g/mol. The van der Waals surface area contributed by atoms with Crippen LogP contribution in [0.1, 0.15) is 81.1 Å². The standard InChI is InChI=1S/C34H78O9Si6/c1-29(27-33(3,4)5)31(35)37-23-21-25-48(39-44(9,10)11,40-45(12,13)14)43-49(41-46(15,16)17,42-47(18,19)20)26-22-24-38-32(36)30(2)28-34(6,7)8/h29-30H,21-28H2,1-20H3. The normalized spacial score (nSPS) is 15.6. The predicted octanol–water partition coefficient (Wildman–Crippen LogP) is 10.3. The van der Waals surface area contributed by atoms with Crippen LogP contribution in [0.25, 0.3) is 0 Å². The van der Waals surface area contributed by atoms with E-state index in [0.29, 0.717) is 24.9 Å². The van der Waals surface area contributed by atoms with Gasteiger partial charge in [0.2, 0.25) is 0 Å². The molecule has 0 aliphatic carbocycles. The van der Waals surface area contributed by atoms with Gasteiger partial charge in [0.25, 0.3) is 0 Å². The molecule has 0 rings (SSSR count). The molecule has 2 atom stereocenters. The van der Waals surface area contributed by atoms with E-state index in [-0.39, 0.29) is 47.8 Å². The predicted molar refractivity (Wildman–Crippen MR) is 218 cm³/mol. The Labute approximate surface area is 308 Å². The van der Waals surface area contributed by atoms with E-state index in [2.05, 4.69) is 120 Å². The minimum atomic E-state index is -3.48. The number of carbonyl (C=O) groups excluding carboxylic acids is 2. The van der Waals surface area contributed by atoms with Crippen LogP contribution in [-0.2, 0) is 39.6 Å². The zero-order chi connectivity index (χ0) is 38.9. The summed E-state index contributed by atoms with van der Waals surface area (Å²) in [6.07, 6.45) is 2.60. The van der Waals surface area contributed by atoms with Gasteiger partial charge in [-0.3, -0.25) is 9.59 Å². The Balaban J connectivity index is 6.62. The number of hydrogen-bond donors (Lipinski definition) is 0. The van der Waals surface area contributed by atoms with Crippen molar-refractivity contribution >= 4 is 62.8 Å². The highest BCUT2D eigenvalue weighted by Gasteiger charge is 2.58. The smallest absolute Gasteiger partial charge is 0.465 e. The molecule has 15 heteroatoms. The van der Waals surface area contributed by atoms with Crippen LogP contribution in [0.5, 0.6) is 0 Å². The van der Waals surface area contributed by atoms with E-state index in [1.54, 1.807) is 0 Å². The summed E-state index contributed by atoms with van der Waals surface area (Å²) >= 11 is 0. The molecule has 292 valence electrons. The van der Waals surface area contributed by atoms with Gasteiger partial charge in [0.15, 0.2) is 33.3 Å². The first-order valence-electron chi connectivity index (χ1n) is 18.4. The van der Waals surface area contributed by atoms with E-state index >= 15 is 0 Å². The molecule has 0 spiro atoms. The molecular weight excluding hydrogens is 721 g/mol. The second-order valence-electron chi connectivity index (χ2n) is 20.2. The fourth-order valence-electron chi connectivity index (χ4n) is 5.75. The van der Waals surface area contributed by atoms with E-state index in [9.17, 15) is 9.59 Å². The van der Waals surface area contributed by atoms with Crippen LogP contribution in [-0.4, -0.2) is 76.0 Å². The van der Waals surface area contributed by atoms with Crippen molar-refractivity contribution in [3.05, 3.63) is 0 Å². The molecule has 0 radical (unpaired) electrons. The van der Waals surface area contributed by atoms with Gasteiger partial charge in [0.1, 0.15) is 0 Å². The molecule has 9 nitrogen and oxygen atoms in total. The lowest BCUT2D eigenvalue weighted by molar-refractivity contribution is -0.149. The van der Waals surface area contributed by atoms with E-state index in [0.717, 1.165) is 12.8 Å². The second kappa shape index (κ2) is 18.9. The molecular formula is C34H78O9Si6. The fraction of sp³-hybridized carbons (Fsp3) is 0.941. The first kappa shape index (κ1) is 49.0. The Morgan fingerprint density at radius 3 is 0.918 bits per heavy atom. The zero-order valence-corrected chi connectivity index (χ0v) is 41.5. The number of carbonyl (C=O) groups is 2. The van der Waals surface area contributed by atoms with E-state index in [4.69, 9.17) is 30.0 Å². The van der Waals surface area contributed by atoms with Crippen LogP contribution in [0.4, 0.5) is 0 Å². The first-order valence-corrected chi connectivity index (χ1v) is 35.9. The average molecular weight is 800 g/mol. The Hall–Kier alpha value is 0.0413. The summed E-state index contributed by atoms with van der Waals surface area (Å²) < 4.78 is 47.3. The van der Waals surface area contributed by atoms with Gasteiger partial charge in [-0.1, -0.05) is 55.4 Å². The highest BCUT2D eigenvalue weighted by molar-refractivity contribution is 6.92. The zero-order valence-electron chi connectivity index (χ0n) is 35.5. The van der Waals surface area contributed by atoms with E-state index in [1.807, 2.05) is 13.8 Å². The molecule has 0 saturated heterocycles. The lowest BCUT2D eigenvalue weighted by Crippen LogP contribution is -2.67. The minimum absolute atomic E-state index is 0.0361. The SMILES string of the molecule is CC(CC(C)(C)C)C(=O)OCCC[Si](O[Si](C)(C)C)(O[Si](C)(C)C)O[Si](CCCOC(=O)C(C)CC(C)(C)C)(O[Si](C)(C)C)O[Si](C)(C)C. The third-order valence-corrected chi connectivity index (χ3v) is 25.7. The molecule has 0 amide bonds. The molecule has 0 aliphatic heterocycles. The van der Waals surface area contributed by atoms with E-state index in [1.165, 1.54) is 0 Å². The summed E-state index contributed by atoms with van der Waals surface area (Å²) in [5.74, 6) is -0.731. The molecule has 2 unspecified atom stereocenters. The summed E-state index contributed by atoms with van der Waals surface area (Å²) in [5.41, 5.74) is 0.0722. The van der Waals surface area contributed by atoms with Crippen LogP contribution in [0, 0.1) is 22.7 Å². The summed E-state index contributed by atoms with van der Waals surface area (Å²) in [6, 6.07) is 0.973. The van der Waals surface area contributed by atoms with Crippen molar-refractivity contribution in [3.8, 4) is 0 Å². The molecule has 0 heterocycles. The number of rotatable bonds is 22. The molecule has 0 aromatic rings. The molecule has 0 N–H and O–H groups in total. The van der Waals surface area contributed by atoms with Gasteiger partial charge in [-0.15, -0.1) is 0 Å². The lowest BCUT2D eigenvalue weighted by atomic mass is 9.85. The minimum Gasteiger partial charge on any atom is -0.465 e. The van der Waals surface area contributed by atoms with Crippen LogP contribution in [0.3, 0.4) is 0 Å². The summed E-state index contributed by atoms with van der Waals surface area (Å²) in [6.45, 7) is 43.0. The Morgan fingerprint density at radius 2 is 0.714 bits per heavy atom. The molecule has 0 fully saturated rings. The van der Waals surface area contributed by atoms with Gasteiger partial charge in [0, 0.05) is 12.1 Å². The van der Waals surface area contributed by atoms with Gasteiger partial charge in [-0.25, -0.2) is 0 Å². The first-order chi connectivity index (χ1) is 21.6. The quantitative estimate of drug-likeness (QED) is 0.0602. The molecule has 0 saturated carbocycles. The maximum Gasteiger partial charge on any atom is 0.472 e. The van der Waals surface area contributed by atoms with Crippen LogP contribution in [0.15, 0.2) is 0 Å². The van der Waals surface area contributed by atoms with Crippen molar-refractivity contribution in [2.24, 2.45) is 22.7 Å². The van der Waals surface area contributed by atoms with Crippen molar-refractivity contribution in [1.29, 1.82) is 0 Å². The van der Waals surface area contributed by atoms with Crippen LogP contribution in [0.2, 0.25) is 90.7 Å². The Kier molecular flexibility index (Phi) is 18.9. The van der Waals surface area contributed by atoms with Crippen molar-refractivity contribution in [1.82, 2.24) is 0 Å². The molecule has 0 bridgehead atoms. The Morgan fingerprint density at radius 1 is 0.469 bits per heavy atom. The summed E-state index contributed by atoms with van der Waals surface area (Å²) in [5, 5.41) is 0. The third-order valence-electron chi connectivity index (χ3n) is 6.54. The maximum absolute atomic E-state index is 12.9. The second-order valence-corrected chi connectivity index (χ2v) is 44.9. The lowest BCUT2D eigenvalue weighted by Gasteiger charge is -2.47. The number of esters is 2. The molecule has 0 aliphatic rings. The number of ether oxygens (including phenoxy) is 2. The van der Waals surface area contributed by atoms with Crippen LogP contribution < -0.4 is 0 Å². The summed E-state index contributed by atoms with van der Waals surface area (Å²) in [4.78, 5) is 25.8. The van der Waals surface area contributed by atoms with Crippen molar-refractivity contribution < 1.29 is 39.6 Å². The summed E-state index contributed by atoms with van der Waals surface area (Å²) in [7, 11) is -15.9. The van der Waals surface area contributed by atoms with Crippen LogP contribution >= 0.6 is 0 Å².